The van der Waals surface area contributed by atoms with Crippen LogP contribution in [0.2, 0.25) is 10.0 Å². The minimum Gasteiger partial charge on any atom is -0.480 e. The van der Waals surface area contributed by atoms with Gasteiger partial charge < -0.3 is 9.84 Å². The maximum Gasteiger partial charge on any atom is 0.341 e. The fourth-order valence-corrected chi connectivity index (χ4v) is 1.19. The molecule has 0 spiro atoms. The molecule has 0 bridgehead atoms. The molecule has 0 aromatic heterocycles. The van der Waals surface area contributed by atoms with E-state index in [1.54, 1.807) is 6.07 Å². The van der Waals surface area contributed by atoms with Crippen molar-refractivity contribution < 1.29 is 55.5 Å². The molecule has 0 aliphatic heterocycles. The van der Waals surface area contributed by atoms with Gasteiger partial charge in [0.15, 0.2) is 6.61 Å². The second-order valence-electron chi connectivity index (χ2n) is 2.26. The minimum absolute atomic E-state index is 0. The van der Waals surface area contributed by atoms with Gasteiger partial charge in [-0.05, 0) is 18.2 Å². The van der Waals surface area contributed by atoms with Gasteiger partial charge in [0.25, 0.3) is 0 Å². The van der Waals surface area contributed by atoms with Crippen molar-refractivity contribution in [2.24, 2.45) is 0 Å². The first-order chi connectivity index (χ1) is 6.09. The van der Waals surface area contributed by atoms with Gasteiger partial charge in [-0.25, -0.2) is 4.79 Å². The fraction of sp³-hybridized carbons (Fsp3) is 0.125. The summed E-state index contributed by atoms with van der Waals surface area (Å²) < 4.78 is 4.86. The van der Waals surface area contributed by atoms with E-state index in [0.717, 1.165) is 0 Å². The van der Waals surface area contributed by atoms with Crippen molar-refractivity contribution in [2.75, 3.05) is 6.61 Å². The summed E-state index contributed by atoms with van der Waals surface area (Å²) in [6.07, 6.45) is 0. The Labute approximate surface area is 124 Å². The Hall–Kier alpha value is 0.421. The normalized spacial score (nSPS) is 9.00. The molecule has 14 heavy (non-hydrogen) atoms. The van der Waals surface area contributed by atoms with Gasteiger partial charge in [0.1, 0.15) is 5.75 Å². The van der Waals surface area contributed by atoms with Gasteiger partial charge in [-0.2, -0.15) is 0 Å². The van der Waals surface area contributed by atoms with E-state index < -0.39 is 12.6 Å². The number of ether oxygens (including phenoxy) is 1. The van der Waals surface area contributed by atoms with Gasteiger partial charge in [-0.1, -0.05) is 23.2 Å². The van der Waals surface area contributed by atoms with Gasteiger partial charge in [-0.15, -0.1) is 0 Å². The molecule has 0 amide bonds. The van der Waals surface area contributed by atoms with Crippen LogP contribution < -0.4 is 4.74 Å². The Morgan fingerprint density at radius 1 is 1.43 bits per heavy atom. The summed E-state index contributed by atoms with van der Waals surface area (Å²) >= 11 is 11.3. The molecule has 1 rings (SSSR count). The average Bonchev–Trinajstić information content (AvgIpc) is 2.02. The fourth-order valence-electron chi connectivity index (χ4n) is 0.732. The van der Waals surface area contributed by atoms with E-state index >= 15 is 0 Å². The van der Waals surface area contributed by atoms with Crippen LogP contribution in [0, 0.1) is 40.8 Å². The zero-order valence-corrected chi connectivity index (χ0v) is 11.7. The molecule has 0 heterocycles. The van der Waals surface area contributed by atoms with Crippen molar-refractivity contribution in [3.8, 4) is 5.75 Å². The third-order valence-electron chi connectivity index (χ3n) is 1.25. The van der Waals surface area contributed by atoms with E-state index in [1.807, 2.05) is 0 Å². The molecule has 3 nitrogen and oxygen atoms in total. The number of carboxylic acids is 1. The summed E-state index contributed by atoms with van der Waals surface area (Å²) in [5, 5.41) is 9.11. The van der Waals surface area contributed by atoms with Crippen molar-refractivity contribution in [1.82, 2.24) is 0 Å². The molecule has 1 N–H and O–H groups in total. The van der Waals surface area contributed by atoms with E-state index in [9.17, 15) is 4.79 Å². The molecule has 0 aliphatic rings. The zero-order valence-electron chi connectivity index (χ0n) is 6.96. The average molecular weight is 365 g/mol. The maximum atomic E-state index is 10.2. The van der Waals surface area contributed by atoms with Crippen LogP contribution in [0.4, 0.5) is 0 Å². The molecule has 0 saturated heterocycles. The number of aliphatic carboxylic acids is 1. The number of carbonyl (C=O) groups is 1. The van der Waals surface area contributed by atoms with Crippen molar-refractivity contribution in [3.63, 3.8) is 0 Å². The first-order valence-electron chi connectivity index (χ1n) is 3.39. The minimum atomic E-state index is -1.05. The van der Waals surface area contributed by atoms with Crippen LogP contribution >= 0.6 is 23.2 Å². The SMILES string of the molecule is O=C(O)COc1ccc(Cl)cc1Cl.[Nd]. The Kier molecular flexibility index (Phi) is 7.03. The van der Waals surface area contributed by atoms with E-state index in [-0.39, 0.29) is 40.8 Å². The Balaban J connectivity index is 0.00000169. The molecule has 74 valence electrons. The number of rotatable bonds is 3. The molecule has 0 aliphatic carbocycles. The smallest absolute Gasteiger partial charge is 0.341 e. The number of hydrogen-bond donors (Lipinski definition) is 1. The topological polar surface area (TPSA) is 46.5 Å². The molecule has 6 heteroatoms. The second kappa shape index (κ2) is 6.82. The zero-order chi connectivity index (χ0) is 9.84. The van der Waals surface area contributed by atoms with E-state index in [1.165, 1.54) is 12.1 Å². The van der Waals surface area contributed by atoms with Crippen molar-refractivity contribution in [3.05, 3.63) is 28.2 Å². The molecular formula is C8H6Cl2NdO3. The Bertz CT molecular complexity index is 330. The first-order valence-corrected chi connectivity index (χ1v) is 4.15. The van der Waals surface area contributed by atoms with Gasteiger partial charge in [0.2, 0.25) is 0 Å². The van der Waals surface area contributed by atoms with Crippen LogP contribution in [-0.4, -0.2) is 17.7 Å². The van der Waals surface area contributed by atoms with E-state index in [0.29, 0.717) is 15.8 Å². The standard InChI is InChI=1S/C8H6Cl2O3.Nd/c9-5-1-2-7(6(10)3-5)13-4-8(11)12;/h1-3H,4H2,(H,11,12);. The monoisotopic (exact) mass is 362 g/mol. The van der Waals surface area contributed by atoms with Gasteiger partial charge >= 0.3 is 5.97 Å². The van der Waals surface area contributed by atoms with Crippen LogP contribution in [0.1, 0.15) is 0 Å². The quantitative estimate of drug-likeness (QED) is 0.895. The summed E-state index contributed by atoms with van der Waals surface area (Å²) in [6, 6.07) is 4.58. The summed E-state index contributed by atoms with van der Waals surface area (Å²) in [4.78, 5) is 10.2. The van der Waals surface area contributed by atoms with Crippen LogP contribution in [0.3, 0.4) is 0 Å². The van der Waals surface area contributed by atoms with Crippen molar-refractivity contribution in [2.45, 2.75) is 0 Å². The second-order valence-corrected chi connectivity index (χ2v) is 3.10. The van der Waals surface area contributed by atoms with Crippen LogP contribution in [0.5, 0.6) is 5.75 Å². The van der Waals surface area contributed by atoms with Crippen LogP contribution in [0.15, 0.2) is 18.2 Å². The first kappa shape index (κ1) is 14.4. The van der Waals surface area contributed by atoms with Gasteiger partial charge in [0.05, 0.1) is 5.02 Å². The van der Waals surface area contributed by atoms with E-state index in [4.69, 9.17) is 33.0 Å². The molecule has 0 radical (unpaired) electrons. The molecule has 0 unspecified atom stereocenters. The largest absolute Gasteiger partial charge is 0.480 e. The predicted molar refractivity (Wildman–Crippen MR) is 49.6 cm³/mol. The third kappa shape index (κ3) is 4.77. The Morgan fingerprint density at radius 3 is 2.57 bits per heavy atom. The number of hydrogen-bond acceptors (Lipinski definition) is 2. The summed E-state index contributed by atoms with van der Waals surface area (Å²) in [5.74, 6) is -0.737. The molecule has 0 saturated carbocycles. The summed E-state index contributed by atoms with van der Waals surface area (Å²) in [5.41, 5.74) is 0. The molecule has 1 aromatic carbocycles. The number of halogens is 2. The van der Waals surface area contributed by atoms with Crippen molar-refractivity contribution >= 4 is 29.2 Å². The van der Waals surface area contributed by atoms with Crippen LogP contribution in [-0.2, 0) is 4.79 Å². The number of carboxylic acid groups (broad SMARTS) is 1. The Morgan fingerprint density at radius 2 is 2.07 bits per heavy atom. The summed E-state index contributed by atoms with van der Waals surface area (Å²) in [6.45, 7) is -0.415. The molecule has 1 aromatic rings. The molecule has 0 atom stereocenters. The maximum absolute atomic E-state index is 10.2. The predicted octanol–water partition coefficient (Wildman–Crippen LogP) is 2.46. The summed E-state index contributed by atoms with van der Waals surface area (Å²) in [7, 11) is 0. The molecular weight excluding hydrogens is 359 g/mol. The van der Waals surface area contributed by atoms with Crippen molar-refractivity contribution in [1.29, 1.82) is 0 Å². The van der Waals surface area contributed by atoms with Gasteiger partial charge in [0, 0.05) is 45.9 Å². The number of benzene rings is 1. The molecule has 0 fully saturated rings. The third-order valence-corrected chi connectivity index (χ3v) is 1.78. The van der Waals surface area contributed by atoms with E-state index in [2.05, 4.69) is 0 Å². The van der Waals surface area contributed by atoms with Crippen LogP contribution in [0.25, 0.3) is 0 Å². The van der Waals surface area contributed by atoms with Gasteiger partial charge in [-0.3, -0.25) is 0 Å².